The lowest BCUT2D eigenvalue weighted by Crippen LogP contribution is -2.37. The molecule has 0 bridgehead atoms. The van der Waals surface area contributed by atoms with Crippen LogP contribution in [0.4, 0.5) is 0 Å². The van der Waals surface area contributed by atoms with Crippen molar-refractivity contribution >= 4 is 28.3 Å². The number of imidazole rings is 1. The fourth-order valence-electron chi connectivity index (χ4n) is 4.63. The van der Waals surface area contributed by atoms with Gasteiger partial charge in [-0.2, -0.15) is 0 Å². The molecule has 2 aromatic heterocycles. The molecule has 6 nitrogen and oxygen atoms in total. The number of fused-ring (bicyclic) bond motifs is 3. The van der Waals surface area contributed by atoms with E-state index < -0.39 is 0 Å². The minimum absolute atomic E-state index is 0.305. The first-order valence-corrected chi connectivity index (χ1v) is 10.7. The minimum atomic E-state index is 0.305. The van der Waals surface area contributed by atoms with Gasteiger partial charge in [-0.25, -0.2) is 9.97 Å². The van der Waals surface area contributed by atoms with Crippen LogP contribution in [-0.2, 0) is 13.1 Å². The number of dihydropyridines is 1. The van der Waals surface area contributed by atoms with Crippen molar-refractivity contribution in [3.05, 3.63) is 84.0 Å². The van der Waals surface area contributed by atoms with Crippen molar-refractivity contribution in [3.63, 3.8) is 0 Å². The Kier molecular flexibility index (Phi) is 4.50. The van der Waals surface area contributed by atoms with Crippen LogP contribution in [0.15, 0.2) is 82.1 Å². The van der Waals surface area contributed by atoms with Crippen molar-refractivity contribution in [1.82, 2.24) is 19.9 Å². The average Bonchev–Trinajstić information content (AvgIpc) is 3.44. The summed E-state index contributed by atoms with van der Waals surface area (Å²) in [6.07, 6.45) is 12.2. The maximum Gasteiger partial charge on any atom is 0.181 e. The highest BCUT2D eigenvalue weighted by Gasteiger charge is 2.27. The van der Waals surface area contributed by atoms with E-state index in [1.54, 1.807) is 0 Å². The summed E-state index contributed by atoms with van der Waals surface area (Å²) in [7, 11) is 0. The summed E-state index contributed by atoms with van der Waals surface area (Å²) in [6.45, 7) is 1.55. The molecule has 1 aliphatic carbocycles. The molecule has 3 heterocycles. The molecule has 0 spiro atoms. The van der Waals surface area contributed by atoms with Gasteiger partial charge in [0.2, 0.25) is 0 Å². The highest BCUT2D eigenvalue weighted by Crippen LogP contribution is 2.29. The third-order valence-corrected chi connectivity index (χ3v) is 6.19. The second-order valence-electron chi connectivity index (χ2n) is 8.24. The van der Waals surface area contributed by atoms with E-state index in [9.17, 15) is 0 Å². The van der Waals surface area contributed by atoms with Gasteiger partial charge in [-0.3, -0.25) is 9.89 Å². The Balaban J connectivity index is 1.33. The molecule has 0 radical (unpaired) electrons. The van der Waals surface area contributed by atoms with Gasteiger partial charge < -0.3 is 9.40 Å². The van der Waals surface area contributed by atoms with Crippen molar-refractivity contribution < 1.29 is 4.42 Å². The van der Waals surface area contributed by atoms with Gasteiger partial charge in [-0.05, 0) is 54.3 Å². The molecule has 154 valence electrons. The SMILES string of the molecule is C1=CC2=CC(N(Cc3ccc4ncoc4c3)Cc3nc4ccccc4[nH]3)CCC2N=C1. The predicted octanol–water partition coefficient (Wildman–Crippen LogP) is 4.80. The van der Waals surface area contributed by atoms with E-state index in [-0.39, 0.29) is 0 Å². The largest absolute Gasteiger partial charge is 0.443 e. The molecule has 1 aliphatic heterocycles. The molecule has 31 heavy (non-hydrogen) atoms. The van der Waals surface area contributed by atoms with Gasteiger partial charge in [-0.15, -0.1) is 0 Å². The Hall–Kier alpha value is -3.51. The molecule has 6 rings (SSSR count). The Morgan fingerprint density at radius 3 is 3.00 bits per heavy atom. The van der Waals surface area contributed by atoms with Crippen molar-refractivity contribution in [2.45, 2.75) is 38.0 Å². The molecule has 0 fully saturated rings. The van der Waals surface area contributed by atoms with Gasteiger partial charge in [0.05, 0.1) is 23.6 Å². The fourth-order valence-corrected chi connectivity index (χ4v) is 4.63. The summed E-state index contributed by atoms with van der Waals surface area (Å²) in [5.74, 6) is 0.986. The maximum absolute atomic E-state index is 5.53. The first kappa shape index (κ1) is 18.3. The Labute approximate surface area is 180 Å². The molecule has 6 heteroatoms. The zero-order valence-corrected chi connectivity index (χ0v) is 17.1. The minimum Gasteiger partial charge on any atom is -0.443 e. The van der Waals surface area contributed by atoms with Crippen LogP contribution in [0.5, 0.6) is 0 Å². The number of hydrogen-bond donors (Lipinski definition) is 1. The lowest BCUT2D eigenvalue weighted by atomic mass is 9.89. The number of rotatable bonds is 5. The topological polar surface area (TPSA) is 70.3 Å². The second kappa shape index (κ2) is 7.63. The first-order valence-electron chi connectivity index (χ1n) is 10.7. The van der Waals surface area contributed by atoms with E-state index in [0.717, 1.165) is 53.9 Å². The molecule has 2 atom stereocenters. The van der Waals surface area contributed by atoms with Crippen molar-refractivity contribution in [2.75, 3.05) is 0 Å². The van der Waals surface area contributed by atoms with E-state index in [1.165, 1.54) is 17.5 Å². The summed E-state index contributed by atoms with van der Waals surface area (Å²) in [5.41, 5.74) is 6.32. The van der Waals surface area contributed by atoms with Crippen LogP contribution in [0.1, 0.15) is 24.2 Å². The van der Waals surface area contributed by atoms with E-state index in [4.69, 9.17) is 9.40 Å². The number of nitrogens with zero attached hydrogens (tertiary/aromatic N) is 4. The third kappa shape index (κ3) is 3.59. The van der Waals surface area contributed by atoms with Gasteiger partial charge >= 0.3 is 0 Å². The van der Waals surface area contributed by atoms with Crippen LogP contribution < -0.4 is 0 Å². The highest BCUT2D eigenvalue weighted by molar-refractivity contribution is 5.75. The van der Waals surface area contributed by atoms with Crippen molar-refractivity contribution in [1.29, 1.82) is 0 Å². The van der Waals surface area contributed by atoms with E-state index >= 15 is 0 Å². The van der Waals surface area contributed by atoms with E-state index in [2.05, 4.69) is 56.3 Å². The lowest BCUT2D eigenvalue weighted by Gasteiger charge is -2.34. The molecular weight excluding hydrogens is 386 g/mol. The number of oxazole rings is 1. The number of allylic oxidation sites excluding steroid dienone is 1. The van der Waals surface area contributed by atoms with Gasteiger partial charge in [0, 0.05) is 18.8 Å². The van der Waals surface area contributed by atoms with Crippen molar-refractivity contribution in [2.24, 2.45) is 4.99 Å². The summed E-state index contributed by atoms with van der Waals surface area (Å²) >= 11 is 0. The normalized spacial score (nSPS) is 20.5. The maximum atomic E-state index is 5.53. The van der Waals surface area contributed by atoms with Crippen LogP contribution in [0, 0.1) is 0 Å². The third-order valence-electron chi connectivity index (χ3n) is 6.19. The molecule has 2 aliphatic rings. The van der Waals surface area contributed by atoms with Crippen LogP contribution in [0.25, 0.3) is 22.1 Å². The number of aromatic nitrogens is 3. The molecule has 4 aromatic rings. The summed E-state index contributed by atoms with van der Waals surface area (Å²) in [5, 5.41) is 0. The van der Waals surface area contributed by atoms with E-state index in [0.29, 0.717) is 12.1 Å². The van der Waals surface area contributed by atoms with E-state index in [1.807, 2.05) is 30.5 Å². The highest BCUT2D eigenvalue weighted by atomic mass is 16.3. The number of aliphatic imine (C=N–C) groups is 1. The molecule has 0 amide bonds. The summed E-state index contributed by atoms with van der Waals surface area (Å²) in [6, 6.07) is 15.1. The molecule has 0 saturated heterocycles. The van der Waals surface area contributed by atoms with Gasteiger partial charge in [0.25, 0.3) is 0 Å². The molecule has 2 unspecified atom stereocenters. The zero-order valence-electron chi connectivity index (χ0n) is 17.1. The quantitative estimate of drug-likeness (QED) is 0.514. The first-order chi connectivity index (χ1) is 15.3. The number of benzene rings is 2. The molecule has 0 saturated carbocycles. The zero-order chi connectivity index (χ0) is 20.6. The Morgan fingerprint density at radius 1 is 1.06 bits per heavy atom. The molecular formula is C25H23N5O. The standard InChI is InChI=1S/C25H23N5O/c1-2-6-22-21(5-1)28-25(29-22)15-30(14-17-7-9-23-24(12-17)31-16-27-23)19-8-10-20-18(13-19)4-3-11-26-20/h1-7,9,11-13,16,19-20H,8,10,14-15H2,(H,28,29). The fraction of sp³-hybridized carbons (Fsp3) is 0.240. The van der Waals surface area contributed by atoms with Gasteiger partial charge in [-0.1, -0.05) is 30.4 Å². The number of para-hydroxylation sites is 2. The van der Waals surface area contributed by atoms with Crippen molar-refractivity contribution in [3.8, 4) is 0 Å². The monoisotopic (exact) mass is 409 g/mol. The Morgan fingerprint density at radius 2 is 2.03 bits per heavy atom. The van der Waals surface area contributed by atoms with Crippen LogP contribution in [0.2, 0.25) is 0 Å². The number of H-pyrrole nitrogens is 1. The smallest absolute Gasteiger partial charge is 0.181 e. The van der Waals surface area contributed by atoms with Crippen LogP contribution >= 0.6 is 0 Å². The Bertz CT molecular complexity index is 1290. The second-order valence-corrected chi connectivity index (χ2v) is 8.24. The number of hydrogen-bond acceptors (Lipinski definition) is 5. The molecule has 2 aromatic carbocycles. The molecule has 1 N–H and O–H groups in total. The number of aromatic amines is 1. The van der Waals surface area contributed by atoms with Crippen LogP contribution in [-0.4, -0.2) is 38.2 Å². The summed E-state index contributed by atoms with van der Waals surface area (Å²) < 4.78 is 5.53. The number of nitrogens with one attached hydrogen (secondary N) is 1. The average molecular weight is 409 g/mol. The lowest BCUT2D eigenvalue weighted by molar-refractivity contribution is 0.188. The summed E-state index contributed by atoms with van der Waals surface area (Å²) in [4.78, 5) is 19.7. The van der Waals surface area contributed by atoms with Crippen LogP contribution in [0.3, 0.4) is 0 Å². The predicted molar refractivity (Wildman–Crippen MR) is 122 cm³/mol. The van der Waals surface area contributed by atoms with Gasteiger partial charge in [0.15, 0.2) is 12.0 Å². The van der Waals surface area contributed by atoms with Gasteiger partial charge in [0.1, 0.15) is 11.3 Å².